The highest BCUT2D eigenvalue weighted by molar-refractivity contribution is 14.0. The van der Waals surface area contributed by atoms with Crippen LogP contribution in [0.15, 0.2) is 72.2 Å². The van der Waals surface area contributed by atoms with Crippen LogP contribution in [0.2, 0.25) is 5.02 Å². The van der Waals surface area contributed by atoms with Crippen molar-refractivity contribution in [2.45, 2.75) is 26.6 Å². The molecule has 0 aliphatic carbocycles. The van der Waals surface area contributed by atoms with Gasteiger partial charge in [-0.3, -0.25) is 0 Å². The molecule has 2 aromatic carbocycles. The molecule has 0 aliphatic heterocycles. The number of rotatable bonds is 7. The topological polar surface area (TPSA) is 54.2 Å². The molecule has 0 atom stereocenters. The highest BCUT2D eigenvalue weighted by Crippen LogP contribution is 2.14. The lowest BCUT2D eigenvalue weighted by Gasteiger charge is -2.12. The number of hydrogen-bond acceptors (Lipinski definition) is 2. The lowest BCUT2D eigenvalue weighted by atomic mass is 10.1. The van der Waals surface area contributed by atoms with Crippen molar-refractivity contribution in [2.75, 3.05) is 6.54 Å². The highest BCUT2D eigenvalue weighted by Gasteiger charge is 2.02. The summed E-state index contributed by atoms with van der Waals surface area (Å²) in [6, 6.07) is 16.3. The van der Waals surface area contributed by atoms with E-state index in [1.54, 1.807) is 6.20 Å². The van der Waals surface area contributed by atoms with Gasteiger partial charge in [0.2, 0.25) is 0 Å². The molecule has 1 aromatic heterocycles. The first-order chi connectivity index (χ1) is 13.2. The summed E-state index contributed by atoms with van der Waals surface area (Å²) in [5.41, 5.74) is 3.45. The molecule has 0 radical (unpaired) electrons. The van der Waals surface area contributed by atoms with Crippen LogP contribution in [0.1, 0.15) is 23.6 Å². The van der Waals surface area contributed by atoms with Crippen LogP contribution in [0.25, 0.3) is 0 Å². The largest absolute Gasteiger partial charge is 0.357 e. The average molecular weight is 510 g/mol. The van der Waals surface area contributed by atoms with Gasteiger partial charge in [-0.15, -0.1) is 24.0 Å². The Morgan fingerprint density at radius 3 is 2.68 bits per heavy atom. The predicted octanol–water partition coefficient (Wildman–Crippen LogP) is 4.46. The van der Waals surface area contributed by atoms with Crippen molar-refractivity contribution in [3.8, 4) is 0 Å². The maximum Gasteiger partial charge on any atom is 0.191 e. The maximum atomic E-state index is 6.23. The molecule has 3 aromatic rings. The number of nitrogens with zero attached hydrogens (tertiary/aromatic N) is 3. The quantitative estimate of drug-likeness (QED) is 0.281. The van der Waals surface area contributed by atoms with Gasteiger partial charge in [-0.1, -0.05) is 54.1 Å². The van der Waals surface area contributed by atoms with E-state index >= 15 is 0 Å². The number of benzene rings is 2. The van der Waals surface area contributed by atoms with E-state index in [4.69, 9.17) is 16.6 Å². The van der Waals surface area contributed by atoms with Gasteiger partial charge in [-0.25, -0.2) is 9.98 Å². The molecule has 0 bridgehead atoms. The van der Waals surface area contributed by atoms with Gasteiger partial charge in [-0.05, 0) is 29.7 Å². The van der Waals surface area contributed by atoms with E-state index in [1.165, 1.54) is 11.1 Å². The van der Waals surface area contributed by atoms with Crippen molar-refractivity contribution in [3.63, 3.8) is 0 Å². The lowest BCUT2D eigenvalue weighted by Crippen LogP contribution is -2.36. The molecular weight excluding hydrogens is 485 g/mol. The summed E-state index contributed by atoms with van der Waals surface area (Å²) >= 11 is 6.23. The summed E-state index contributed by atoms with van der Waals surface area (Å²) in [6.45, 7) is 4.90. The van der Waals surface area contributed by atoms with Crippen molar-refractivity contribution in [3.05, 3.63) is 89.0 Å². The van der Waals surface area contributed by atoms with Crippen LogP contribution >= 0.6 is 35.6 Å². The number of hydrogen-bond donors (Lipinski definition) is 2. The molecule has 0 fully saturated rings. The van der Waals surface area contributed by atoms with E-state index in [2.05, 4.69) is 51.4 Å². The molecule has 0 amide bonds. The zero-order chi connectivity index (χ0) is 18.9. The fourth-order valence-corrected chi connectivity index (χ4v) is 2.95. The summed E-state index contributed by atoms with van der Waals surface area (Å²) in [4.78, 5) is 8.79. The van der Waals surface area contributed by atoms with Crippen molar-refractivity contribution < 1.29 is 0 Å². The number of aliphatic imine (C=N–C) groups is 1. The number of guanidine groups is 1. The third-order valence-corrected chi connectivity index (χ3v) is 4.45. The third kappa shape index (κ3) is 6.83. The summed E-state index contributed by atoms with van der Waals surface area (Å²) in [7, 11) is 0. The third-order valence-electron chi connectivity index (χ3n) is 4.08. The van der Waals surface area contributed by atoms with E-state index in [1.807, 2.05) is 36.8 Å². The molecule has 0 spiro atoms. The Balaban J connectivity index is 0.00000280. The van der Waals surface area contributed by atoms with Gasteiger partial charge in [-0.2, -0.15) is 0 Å². The van der Waals surface area contributed by atoms with E-state index in [9.17, 15) is 0 Å². The molecule has 28 heavy (non-hydrogen) atoms. The van der Waals surface area contributed by atoms with Crippen LogP contribution in [-0.4, -0.2) is 22.1 Å². The number of aromatic nitrogens is 2. The smallest absolute Gasteiger partial charge is 0.191 e. The van der Waals surface area contributed by atoms with Crippen molar-refractivity contribution in [1.82, 2.24) is 20.2 Å². The minimum atomic E-state index is 0. The molecule has 1 heterocycles. The average Bonchev–Trinajstić information content (AvgIpc) is 3.18. The Labute approximate surface area is 188 Å². The number of nitrogens with one attached hydrogen (secondary N) is 2. The summed E-state index contributed by atoms with van der Waals surface area (Å²) in [5.74, 6) is 0.775. The van der Waals surface area contributed by atoms with Gasteiger partial charge in [0.15, 0.2) is 5.96 Å². The van der Waals surface area contributed by atoms with Crippen LogP contribution in [0, 0.1) is 0 Å². The molecular formula is C21H25ClIN5. The molecule has 0 unspecified atom stereocenters. The predicted molar refractivity (Wildman–Crippen MR) is 126 cm³/mol. The fraction of sp³-hybridized carbons (Fsp3) is 0.238. The second-order valence-corrected chi connectivity index (χ2v) is 6.60. The minimum absolute atomic E-state index is 0. The van der Waals surface area contributed by atoms with Crippen LogP contribution in [0.4, 0.5) is 0 Å². The Hall–Kier alpha value is -2.06. The van der Waals surface area contributed by atoms with Crippen LogP contribution in [0.3, 0.4) is 0 Å². The van der Waals surface area contributed by atoms with Crippen molar-refractivity contribution in [2.24, 2.45) is 4.99 Å². The normalized spacial score (nSPS) is 11.0. The Kier molecular flexibility index (Phi) is 9.30. The SMILES string of the molecule is CCNC(=NCc1cccc(Cn2ccnc2)c1)NCc1ccccc1Cl.I. The van der Waals surface area contributed by atoms with Crippen LogP contribution < -0.4 is 10.6 Å². The summed E-state index contributed by atoms with van der Waals surface area (Å²) in [6.07, 6.45) is 5.58. The fourth-order valence-electron chi connectivity index (χ4n) is 2.75. The molecule has 148 valence electrons. The Morgan fingerprint density at radius 2 is 1.93 bits per heavy atom. The van der Waals surface area contributed by atoms with Gasteiger partial charge in [0, 0.05) is 37.1 Å². The van der Waals surface area contributed by atoms with Crippen molar-refractivity contribution in [1.29, 1.82) is 0 Å². The lowest BCUT2D eigenvalue weighted by molar-refractivity contribution is 0.793. The second-order valence-electron chi connectivity index (χ2n) is 6.20. The molecule has 7 heteroatoms. The Bertz CT molecular complexity index is 880. The van der Waals surface area contributed by atoms with Gasteiger partial charge in [0.05, 0.1) is 12.9 Å². The summed E-state index contributed by atoms with van der Waals surface area (Å²) in [5, 5.41) is 7.38. The maximum absolute atomic E-state index is 6.23. The van der Waals surface area contributed by atoms with Gasteiger partial charge in [0.25, 0.3) is 0 Å². The second kappa shape index (κ2) is 11.7. The van der Waals surface area contributed by atoms with Gasteiger partial charge in [0.1, 0.15) is 0 Å². The number of halogens is 2. The van der Waals surface area contributed by atoms with E-state index < -0.39 is 0 Å². The first-order valence-corrected chi connectivity index (χ1v) is 9.41. The molecule has 5 nitrogen and oxygen atoms in total. The van der Waals surface area contributed by atoms with Crippen LogP contribution in [0.5, 0.6) is 0 Å². The molecule has 3 rings (SSSR count). The molecule has 0 saturated carbocycles. The Morgan fingerprint density at radius 1 is 1.11 bits per heavy atom. The van der Waals surface area contributed by atoms with E-state index in [0.29, 0.717) is 13.1 Å². The molecule has 0 aliphatic rings. The van der Waals surface area contributed by atoms with Gasteiger partial charge >= 0.3 is 0 Å². The summed E-state index contributed by atoms with van der Waals surface area (Å²) < 4.78 is 2.05. The van der Waals surface area contributed by atoms with Gasteiger partial charge < -0.3 is 15.2 Å². The highest BCUT2D eigenvalue weighted by atomic mass is 127. The van der Waals surface area contributed by atoms with E-state index in [-0.39, 0.29) is 24.0 Å². The van der Waals surface area contributed by atoms with Crippen LogP contribution in [-0.2, 0) is 19.6 Å². The zero-order valence-electron chi connectivity index (χ0n) is 15.8. The van der Waals surface area contributed by atoms with Crippen molar-refractivity contribution >= 4 is 41.5 Å². The molecule has 0 saturated heterocycles. The molecule has 2 N–H and O–H groups in total. The standard InChI is InChI=1S/C21H24ClN5.HI/c1-2-24-21(26-14-19-8-3-4-9-20(19)22)25-13-17-6-5-7-18(12-17)15-27-11-10-23-16-27;/h3-12,16H,2,13-15H2,1H3,(H2,24,25,26);1H. The van der Waals surface area contributed by atoms with E-state index in [0.717, 1.165) is 29.6 Å². The number of imidazole rings is 1. The first-order valence-electron chi connectivity index (χ1n) is 9.03. The first kappa shape index (κ1) is 22.2. The monoisotopic (exact) mass is 509 g/mol. The zero-order valence-corrected chi connectivity index (χ0v) is 18.9. The minimum Gasteiger partial charge on any atom is -0.357 e.